The number of phenolic OH excluding ortho intramolecular Hbond substituents is 1. The number of phenols is 1. The van der Waals surface area contributed by atoms with Crippen LogP contribution in [0.3, 0.4) is 0 Å². The first-order valence-electron chi connectivity index (χ1n) is 8.18. The molecule has 0 saturated heterocycles. The first-order valence-corrected chi connectivity index (χ1v) is 8.56. The van der Waals surface area contributed by atoms with Crippen LogP contribution in [-0.4, -0.2) is 39.3 Å². The number of imidazole rings is 1. The molecule has 2 heterocycles. The van der Waals surface area contributed by atoms with E-state index in [0.717, 1.165) is 5.52 Å². The number of halogens is 1. The lowest BCUT2D eigenvalue weighted by Crippen LogP contribution is -2.26. The van der Waals surface area contributed by atoms with Gasteiger partial charge >= 0.3 is 0 Å². The Morgan fingerprint density at radius 2 is 1.96 bits per heavy atom. The number of anilines is 1. The third-order valence-corrected chi connectivity index (χ3v) is 4.88. The Labute approximate surface area is 160 Å². The van der Waals surface area contributed by atoms with Crippen LogP contribution in [0.2, 0.25) is 5.02 Å². The zero-order valence-electron chi connectivity index (χ0n) is 14.7. The second-order valence-electron chi connectivity index (χ2n) is 6.24. The van der Waals surface area contributed by atoms with Gasteiger partial charge in [0, 0.05) is 18.1 Å². The van der Waals surface area contributed by atoms with E-state index in [4.69, 9.17) is 21.7 Å². The van der Waals surface area contributed by atoms with Crippen LogP contribution in [0.4, 0.5) is 5.69 Å². The van der Waals surface area contributed by atoms with E-state index in [-0.39, 0.29) is 23.9 Å². The van der Waals surface area contributed by atoms with E-state index in [0.29, 0.717) is 33.4 Å². The number of rotatable bonds is 3. The van der Waals surface area contributed by atoms with Crippen molar-refractivity contribution >= 4 is 39.7 Å². The summed E-state index contributed by atoms with van der Waals surface area (Å²) in [6.45, 7) is 0.0502. The van der Waals surface area contributed by atoms with Crippen LogP contribution >= 0.6 is 11.6 Å². The van der Waals surface area contributed by atoms with Crippen molar-refractivity contribution in [1.82, 2.24) is 9.55 Å². The molecule has 3 aromatic rings. The number of aromatic hydroxyl groups is 1. The van der Waals surface area contributed by atoms with Crippen molar-refractivity contribution in [3.8, 4) is 11.5 Å². The average Bonchev–Trinajstić information content (AvgIpc) is 3.12. The van der Waals surface area contributed by atoms with Gasteiger partial charge in [0.05, 0.1) is 35.9 Å². The number of benzene rings is 2. The molecule has 0 fully saturated rings. The maximum absolute atomic E-state index is 10.6. The molecular weight excluding hydrogens is 368 g/mol. The SMILES string of the molecule is COc1ccc2c(c1)nc(C1=C(O)CN(c3cc(Cl)ccc3O)C1=N)n2C. The molecule has 7 nitrogen and oxygen atoms in total. The van der Waals surface area contributed by atoms with Crippen LogP contribution in [0.25, 0.3) is 16.6 Å². The summed E-state index contributed by atoms with van der Waals surface area (Å²) in [6.07, 6.45) is 0. The Kier molecular flexibility index (Phi) is 3.96. The Hall–Kier alpha value is -3.19. The second kappa shape index (κ2) is 6.21. The Morgan fingerprint density at radius 1 is 1.19 bits per heavy atom. The number of hydrogen-bond acceptors (Lipinski definition) is 5. The fourth-order valence-corrected chi connectivity index (χ4v) is 3.43. The van der Waals surface area contributed by atoms with Gasteiger partial charge in [-0.3, -0.25) is 5.41 Å². The zero-order valence-corrected chi connectivity index (χ0v) is 15.4. The van der Waals surface area contributed by atoms with E-state index in [9.17, 15) is 10.2 Å². The highest BCUT2D eigenvalue weighted by Gasteiger charge is 2.33. The van der Waals surface area contributed by atoms with Gasteiger partial charge in [0.15, 0.2) is 0 Å². The molecule has 0 bridgehead atoms. The molecule has 0 spiro atoms. The standard InChI is InChI=1S/C19H17ClN4O3/c1-23-13-5-4-11(27-2)8-12(13)22-19(23)17-16(26)9-24(18(17)21)14-7-10(20)3-6-15(14)25/h3-8,21,25-26H,9H2,1-2H3. The number of fused-ring (bicyclic) bond motifs is 1. The van der Waals surface area contributed by atoms with Gasteiger partial charge in [0.25, 0.3) is 0 Å². The summed E-state index contributed by atoms with van der Waals surface area (Å²) in [6, 6.07) is 10.1. The first-order chi connectivity index (χ1) is 12.9. The Morgan fingerprint density at radius 3 is 2.70 bits per heavy atom. The van der Waals surface area contributed by atoms with Crippen LogP contribution < -0.4 is 9.64 Å². The molecule has 0 radical (unpaired) electrons. The first kappa shape index (κ1) is 17.2. The molecule has 0 aliphatic carbocycles. The second-order valence-corrected chi connectivity index (χ2v) is 6.67. The molecule has 4 rings (SSSR count). The summed E-state index contributed by atoms with van der Waals surface area (Å²) in [5.74, 6) is 1.16. The minimum absolute atomic E-state index is 0.00440. The third-order valence-electron chi connectivity index (χ3n) is 4.64. The zero-order chi connectivity index (χ0) is 19.3. The lowest BCUT2D eigenvalue weighted by molar-refractivity contribution is 0.410. The van der Waals surface area contributed by atoms with Gasteiger partial charge in [-0.15, -0.1) is 0 Å². The number of aromatic nitrogens is 2. The van der Waals surface area contributed by atoms with Crippen molar-refractivity contribution in [1.29, 1.82) is 5.41 Å². The van der Waals surface area contributed by atoms with Crippen molar-refractivity contribution in [3.63, 3.8) is 0 Å². The predicted octanol–water partition coefficient (Wildman–Crippen LogP) is 3.71. The molecule has 0 atom stereocenters. The van der Waals surface area contributed by atoms with E-state index in [1.54, 1.807) is 25.3 Å². The fourth-order valence-electron chi connectivity index (χ4n) is 3.26. The summed E-state index contributed by atoms with van der Waals surface area (Å²) < 4.78 is 7.05. The normalized spacial score (nSPS) is 14.5. The van der Waals surface area contributed by atoms with Gasteiger partial charge < -0.3 is 24.4 Å². The van der Waals surface area contributed by atoms with Crippen LogP contribution in [-0.2, 0) is 7.05 Å². The van der Waals surface area contributed by atoms with Gasteiger partial charge in [-0.05, 0) is 30.3 Å². The summed E-state index contributed by atoms with van der Waals surface area (Å²) in [4.78, 5) is 6.07. The lowest BCUT2D eigenvalue weighted by Gasteiger charge is -2.20. The molecular formula is C19H17ClN4O3. The topological polar surface area (TPSA) is 94.6 Å². The predicted molar refractivity (Wildman–Crippen MR) is 105 cm³/mol. The van der Waals surface area contributed by atoms with E-state index >= 15 is 0 Å². The van der Waals surface area contributed by atoms with E-state index in [1.165, 1.54) is 11.0 Å². The third kappa shape index (κ3) is 2.67. The number of amidine groups is 1. The summed E-state index contributed by atoms with van der Waals surface area (Å²) in [5.41, 5.74) is 2.22. The minimum atomic E-state index is -0.0204. The largest absolute Gasteiger partial charge is 0.509 e. The number of hydrogen-bond donors (Lipinski definition) is 3. The molecule has 1 aliphatic heterocycles. The van der Waals surface area contributed by atoms with E-state index in [2.05, 4.69) is 4.98 Å². The van der Waals surface area contributed by atoms with Crippen molar-refractivity contribution in [2.24, 2.45) is 7.05 Å². The van der Waals surface area contributed by atoms with E-state index in [1.807, 2.05) is 23.7 Å². The van der Waals surface area contributed by atoms with Crippen LogP contribution in [0.5, 0.6) is 11.5 Å². The van der Waals surface area contributed by atoms with Crippen molar-refractivity contribution in [3.05, 3.63) is 53.0 Å². The summed E-state index contributed by atoms with van der Waals surface area (Å²) in [5, 5.41) is 29.7. The molecule has 1 aliphatic rings. The van der Waals surface area contributed by atoms with Gasteiger partial charge in [-0.25, -0.2) is 4.98 Å². The van der Waals surface area contributed by atoms with Crippen LogP contribution in [0, 0.1) is 5.41 Å². The fraction of sp³-hybridized carbons (Fsp3) is 0.158. The molecule has 0 amide bonds. The smallest absolute Gasteiger partial charge is 0.148 e. The molecule has 2 aromatic carbocycles. The summed E-state index contributed by atoms with van der Waals surface area (Å²) in [7, 11) is 3.41. The van der Waals surface area contributed by atoms with Crippen LogP contribution in [0.1, 0.15) is 5.82 Å². The number of nitrogens with one attached hydrogen (secondary N) is 1. The van der Waals surface area contributed by atoms with Crippen molar-refractivity contribution in [2.45, 2.75) is 0 Å². The quantitative estimate of drug-likeness (QED) is 0.640. The molecule has 27 heavy (non-hydrogen) atoms. The van der Waals surface area contributed by atoms with Crippen molar-refractivity contribution in [2.75, 3.05) is 18.6 Å². The van der Waals surface area contributed by atoms with E-state index < -0.39 is 0 Å². The van der Waals surface area contributed by atoms with Gasteiger partial charge in [0.2, 0.25) is 0 Å². The maximum atomic E-state index is 10.6. The number of aliphatic hydroxyl groups excluding tert-OH is 1. The average molecular weight is 385 g/mol. The number of aliphatic hydroxyl groups is 1. The highest BCUT2D eigenvalue weighted by molar-refractivity contribution is 6.33. The molecule has 1 aromatic heterocycles. The number of nitrogens with zero attached hydrogens (tertiary/aromatic N) is 3. The molecule has 3 N–H and O–H groups in total. The van der Waals surface area contributed by atoms with Gasteiger partial charge in [-0.2, -0.15) is 0 Å². The number of methoxy groups -OCH3 is 1. The summed E-state index contributed by atoms with van der Waals surface area (Å²) >= 11 is 6.03. The monoisotopic (exact) mass is 384 g/mol. The van der Waals surface area contributed by atoms with Crippen LogP contribution in [0.15, 0.2) is 42.2 Å². The molecule has 138 valence electrons. The van der Waals surface area contributed by atoms with Gasteiger partial charge in [0.1, 0.15) is 28.9 Å². The number of ether oxygens (including phenoxy) is 1. The highest BCUT2D eigenvalue weighted by Crippen LogP contribution is 2.37. The highest BCUT2D eigenvalue weighted by atomic mass is 35.5. The number of aryl methyl sites for hydroxylation is 1. The molecule has 0 unspecified atom stereocenters. The molecule has 0 saturated carbocycles. The minimum Gasteiger partial charge on any atom is -0.509 e. The molecule has 8 heteroatoms. The Balaban J connectivity index is 1.79. The van der Waals surface area contributed by atoms with Gasteiger partial charge in [-0.1, -0.05) is 11.6 Å². The maximum Gasteiger partial charge on any atom is 0.148 e. The lowest BCUT2D eigenvalue weighted by atomic mass is 10.2. The Bertz CT molecular complexity index is 1120. The van der Waals surface area contributed by atoms with Crippen molar-refractivity contribution < 1.29 is 14.9 Å².